The number of carboxylic acid groups (broad SMARTS) is 1. The first-order chi connectivity index (χ1) is 5.07. The summed E-state index contributed by atoms with van der Waals surface area (Å²) in [5.41, 5.74) is 0. The van der Waals surface area contributed by atoms with Crippen LogP contribution < -0.4 is 0 Å². The molecule has 0 aromatic heterocycles. The molecule has 1 rings (SSSR count). The number of allylic oxidation sites excluding steroid dienone is 2. The van der Waals surface area contributed by atoms with Crippen molar-refractivity contribution >= 4 is 6.09 Å². The molecule has 1 aliphatic heterocycles. The zero-order chi connectivity index (χ0) is 8.48. The number of rotatable bonds is 0. The summed E-state index contributed by atoms with van der Waals surface area (Å²) in [6.45, 7) is 1.88. The molecule has 0 bridgehead atoms. The summed E-state index contributed by atoms with van der Waals surface area (Å²) >= 11 is 0. The zero-order valence-corrected chi connectivity index (χ0v) is 6.69. The van der Waals surface area contributed by atoms with E-state index in [1.807, 2.05) is 19.1 Å². The zero-order valence-electron chi connectivity index (χ0n) is 6.69. The van der Waals surface area contributed by atoms with Crippen molar-refractivity contribution in [1.29, 1.82) is 0 Å². The van der Waals surface area contributed by atoms with Gasteiger partial charge in [-0.1, -0.05) is 6.08 Å². The number of likely N-dealkylation sites (N-methyl/N-ethyl adjacent to an activating group) is 1. The Labute approximate surface area is 65.8 Å². The molecule has 11 heavy (non-hydrogen) atoms. The molecule has 1 aliphatic rings. The fourth-order valence-electron chi connectivity index (χ4n) is 1.01. The summed E-state index contributed by atoms with van der Waals surface area (Å²) in [6.07, 6.45) is 6.36. The molecule has 60 valence electrons. The Morgan fingerprint density at radius 1 is 1.55 bits per heavy atom. The van der Waals surface area contributed by atoms with Crippen LogP contribution >= 0.6 is 0 Å². The van der Waals surface area contributed by atoms with Gasteiger partial charge >= 0.3 is 6.09 Å². The van der Waals surface area contributed by atoms with E-state index in [4.69, 9.17) is 5.11 Å². The van der Waals surface area contributed by atoms with Gasteiger partial charge in [-0.15, -0.1) is 0 Å². The molecule has 0 fully saturated rings. The van der Waals surface area contributed by atoms with Crippen LogP contribution in [0.25, 0.3) is 0 Å². The maximum absolute atomic E-state index is 10.8. The maximum atomic E-state index is 10.8. The van der Waals surface area contributed by atoms with Crippen molar-refractivity contribution in [1.82, 2.24) is 0 Å². The van der Waals surface area contributed by atoms with Crippen molar-refractivity contribution in [3.63, 3.8) is 0 Å². The standard InChI is InChI=1S/C8H11NO2/c1-7-5-3-4-6-9(7,2)8(10)11/h3-7H,1-2H3/p+1. The lowest BCUT2D eigenvalue weighted by molar-refractivity contribution is -0.803. The van der Waals surface area contributed by atoms with Crippen molar-refractivity contribution in [2.45, 2.75) is 13.0 Å². The average Bonchev–Trinajstić information content (AvgIpc) is 1.95. The van der Waals surface area contributed by atoms with Crippen LogP contribution in [0.2, 0.25) is 0 Å². The largest absolute Gasteiger partial charge is 0.518 e. The van der Waals surface area contributed by atoms with Crippen LogP contribution in [0.15, 0.2) is 24.4 Å². The number of amides is 1. The van der Waals surface area contributed by atoms with Gasteiger partial charge in [0.25, 0.3) is 0 Å². The quantitative estimate of drug-likeness (QED) is 0.538. The monoisotopic (exact) mass is 154 g/mol. The summed E-state index contributed by atoms with van der Waals surface area (Å²) in [4.78, 5) is 10.8. The summed E-state index contributed by atoms with van der Waals surface area (Å²) in [6, 6.07) is 0.0116. The van der Waals surface area contributed by atoms with Crippen molar-refractivity contribution in [3.8, 4) is 0 Å². The highest BCUT2D eigenvalue weighted by molar-refractivity contribution is 5.58. The van der Waals surface area contributed by atoms with Crippen LogP contribution in [0, 0.1) is 0 Å². The molecule has 3 heteroatoms. The minimum absolute atomic E-state index is 0.0116. The Balaban J connectivity index is 2.94. The van der Waals surface area contributed by atoms with E-state index < -0.39 is 6.09 Å². The van der Waals surface area contributed by atoms with Gasteiger partial charge in [-0.3, -0.25) is 0 Å². The summed E-state index contributed by atoms with van der Waals surface area (Å²) in [5.74, 6) is 0. The van der Waals surface area contributed by atoms with Gasteiger partial charge in [-0.05, 0) is 19.1 Å². The van der Waals surface area contributed by atoms with Crippen LogP contribution in [0.4, 0.5) is 4.79 Å². The van der Waals surface area contributed by atoms with Crippen LogP contribution in [-0.2, 0) is 0 Å². The Kier molecular flexibility index (Phi) is 1.83. The van der Waals surface area contributed by atoms with Crippen molar-refractivity contribution in [3.05, 3.63) is 24.4 Å². The lowest BCUT2D eigenvalue weighted by atomic mass is 10.2. The van der Waals surface area contributed by atoms with Gasteiger partial charge < -0.3 is 5.11 Å². The Bertz CT molecular complexity index is 232. The van der Waals surface area contributed by atoms with Crippen molar-refractivity contribution in [2.24, 2.45) is 0 Å². The lowest BCUT2D eigenvalue weighted by Crippen LogP contribution is -2.50. The van der Waals surface area contributed by atoms with E-state index in [0.717, 1.165) is 0 Å². The molecule has 0 aromatic rings. The third kappa shape index (κ3) is 1.19. The molecular formula is C8H12NO2+. The van der Waals surface area contributed by atoms with Crippen LogP contribution in [0.1, 0.15) is 6.92 Å². The Hall–Kier alpha value is -1.09. The summed E-state index contributed by atoms with van der Waals surface area (Å²) in [5, 5.41) is 8.86. The highest BCUT2D eigenvalue weighted by atomic mass is 16.4. The minimum atomic E-state index is -0.821. The predicted octanol–water partition coefficient (Wildman–Crippen LogP) is 1.58. The number of nitrogens with zero attached hydrogens (tertiary/aromatic N) is 1. The molecule has 2 unspecified atom stereocenters. The molecular weight excluding hydrogens is 142 g/mol. The molecule has 0 saturated heterocycles. The summed E-state index contributed by atoms with van der Waals surface area (Å²) < 4.78 is -0.0590. The first-order valence-corrected chi connectivity index (χ1v) is 3.53. The second-order valence-electron chi connectivity index (χ2n) is 2.90. The normalized spacial score (nSPS) is 35.6. The van der Waals surface area contributed by atoms with E-state index in [-0.39, 0.29) is 10.5 Å². The number of quaternary nitrogens is 1. The highest BCUT2D eigenvalue weighted by Crippen LogP contribution is 2.16. The smallest absolute Gasteiger partial charge is 0.435 e. The van der Waals surface area contributed by atoms with Gasteiger partial charge in [0.15, 0.2) is 0 Å². The number of hydrogen-bond donors (Lipinski definition) is 1. The predicted molar refractivity (Wildman–Crippen MR) is 42.0 cm³/mol. The molecule has 0 spiro atoms. The SMILES string of the molecule is CC1C=CC=C[N+]1(C)C(=O)O. The average molecular weight is 154 g/mol. The van der Waals surface area contributed by atoms with E-state index in [1.165, 1.54) is 0 Å². The third-order valence-electron chi connectivity index (χ3n) is 2.15. The molecule has 2 atom stereocenters. The molecule has 0 radical (unpaired) electrons. The highest BCUT2D eigenvalue weighted by Gasteiger charge is 2.35. The molecule has 1 N–H and O–H groups in total. The van der Waals surface area contributed by atoms with E-state index in [0.29, 0.717) is 0 Å². The maximum Gasteiger partial charge on any atom is 0.518 e. The van der Waals surface area contributed by atoms with Crippen molar-refractivity contribution < 1.29 is 14.4 Å². The Morgan fingerprint density at radius 2 is 2.18 bits per heavy atom. The van der Waals surface area contributed by atoms with E-state index >= 15 is 0 Å². The van der Waals surface area contributed by atoms with E-state index in [1.54, 1.807) is 19.3 Å². The second kappa shape index (κ2) is 2.51. The first kappa shape index (κ1) is 8.01. The van der Waals surface area contributed by atoms with Crippen molar-refractivity contribution in [2.75, 3.05) is 7.05 Å². The van der Waals surface area contributed by atoms with E-state index in [2.05, 4.69) is 0 Å². The molecule has 1 amide bonds. The number of carbonyl (C=O) groups is 1. The lowest BCUT2D eigenvalue weighted by Gasteiger charge is -2.29. The second-order valence-corrected chi connectivity index (χ2v) is 2.90. The van der Waals surface area contributed by atoms with Gasteiger partial charge in [0.1, 0.15) is 12.2 Å². The van der Waals surface area contributed by atoms with E-state index in [9.17, 15) is 4.79 Å². The van der Waals surface area contributed by atoms with Gasteiger partial charge in [0.2, 0.25) is 0 Å². The van der Waals surface area contributed by atoms with Crippen LogP contribution in [-0.4, -0.2) is 28.8 Å². The molecule has 0 saturated carbocycles. The number of hydrogen-bond acceptors (Lipinski definition) is 1. The molecule has 0 aliphatic carbocycles. The fourth-order valence-corrected chi connectivity index (χ4v) is 1.01. The van der Waals surface area contributed by atoms with Gasteiger partial charge in [-0.25, -0.2) is 0 Å². The Morgan fingerprint density at radius 3 is 2.55 bits per heavy atom. The molecule has 1 heterocycles. The third-order valence-corrected chi connectivity index (χ3v) is 2.15. The fraction of sp³-hybridized carbons (Fsp3) is 0.375. The molecule has 0 aromatic carbocycles. The molecule has 3 nitrogen and oxygen atoms in total. The first-order valence-electron chi connectivity index (χ1n) is 3.53. The van der Waals surface area contributed by atoms with Gasteiger partial charge in [-0.2, -0.15) is 9.28 Å². The van der Waals surface area contributed by atoms with Crippen LogP contribution in [0.5, 0.6) is 0 Å². The summed E-state index contributed by atoms with van der Waals surface area (Å²) in [7, 11) is 1.67. The van der Waals surface area contributed by atoms with Crippen LogP contribution in [0.3, 0.4) is 0 Å². The van der Waals surface area contributed by atoms with Gasteiger partial charge in [0.05, 0.1) is 7.05 Å². The minimum Gasteiger partial charge on any atom is -0.435 e. The van der Waals surface area contributed by atoms with Gasteiger partial charge in [0, 0.05) is 0 Å². The topological polar surface area (TPSA) is 37.3 Å².